The minimum absolute atomic E-state index is 0.215. The maximum Gasteiger partial charge on any atom is 0.233 e. The summed E-state index contributed by atoms with van der Waals surface area (Å²) in [7, 11) is 1.59. The molecule has 0 amide bonds. The van der Waals surface area contributed by atoms with Crippen LogP contribution in [0.5, 0.6) is 5.88 Å². The third-order valence-electron chi connectivity index (χ3n) is 2.50. The van der Waals surface area contributed by atoms with Crippen molar-refractivity contribution < 1.29 is 4.74 Å². The van der Waals surface area contributed by atoms with Crippen LogP contribution >= 0.6 is 11.6 Å². The molecule has 2 rings (SSSR count). The second kappa shape index (κ2) is 4.66. The lowest BCUT2D eigenvalue weighted by Crippen LogP contribution is -2.36. The Hall–Kier alpha value is -1.03. The van der Waals surface area contributed by atoms with Crippen LogP contribution in [0.1, 0.15) is 12.8 Å². The predicted molar refractivity (Wildman–Crippen MR) is 59.7 cm³/mol. The lowest BCUT2D eigenvalue weighted by Gasteiger charge is -2.30. The summed E-state index contributed by atoms with van der Waals surface area (Å²) in [5.41, 5.74) is 0. The normalized spacial score (nSPS) is 21.5. The zero-order valence-electron chi connectivity index (χ0n) is 8.69. The van der Waals surface area contributed by atoms with Crippen molar-refractivity contribution in [2.45, 2.75) is 18.2 Å². The second-order valence-corrected chi connectivity index (χ2v) is 4.22. The number of aromatic nitrogens is 2. The molecule has 5 heteroatoms. The molecule has 1 aliphatic heterocycles. The van der Waals surface area contributed by atoms with E-state index in [-0.39, 0.29) is 5.38 Å². The van der Waals surface area contributed by atoms with E-state index in [1.54, 1.807) is 19.5 Å². The lowest BCUT2D eigenvalue weighted by molar-refractivity contribution is 0.395. The van der Waals surface area contributed by atoms with E-state index < -0.39 is 0 Å². The number of hydrogen-bond acceptors (Lipinski definition) is 4. The Labute approximate surface area is 94.2 Å². The average molecular weight is 228 g/mol. The Kier molecular flexibility index (Phi) is 3.26. The minimum atomic E-state index is 0.215. The quantitative estimate of drug-likeness (QED) is 0.721. The second-order valence-electron chi connectivity index (χ2n) is 3.61. The molecule has 1 saturated heterocycles. The number of methoxy groups -OCH3 is 1. The summed E-state index contributed by atoms with van der Waals surface area (Å²) in [5.74, 6) is 1.39. The highest BCUT2D eigenvalue weighted by molar-refractivity contribution is 6.21. The number of piperidine rings is 1. The summed E-state index contributed by atoms with van der Waals surface area (Å²) in [6, 6.07) is 0. The van der Waals surface area contributed by atoms with Gasteiger partial charge in [-0.05, 0) is 12.8 Å². The van der Waals surface area contributed by atoms with E-state index in [4.69, 9.17) is 16.3 Å². The van der Waals surface area contributed by atoms with Gasteiger partial charge >= 0.3 is 0 Å². The standard InChI is InChI=1S/C10H14ClN3O/c1-15-10-6-12-5-9(13-10)14-4-2-3-8(11)7-14/h5-6,8H,2-4,7H2,1H3. The smallest absolute Gasteiger partial charge is 0.233 e. The largest absolute Gasteiger partial charge is 0.480 e. The van der Waals surface area contributed by atoms with Gasteiger partial charge in [0.1, 0.15) is 0 Å². The van der Waals surface area contributed by atoms with Crippen LogP contribution in [0.25, 0.3) is 0 Å². The van der Waals surface area contributed by atoms with Gasteiger partial charge in [0.15, 0.2) is 5.82 Å². The molecule has 1 atom stereocenters. The summed E-state index contributed by atoms with van der Waals surface area (Å²) < 4.78 is 5.04. The van der Waals surface area contributed by atoms with E-state index >= 15 is 0 Å². The molecule has 0 bridgehead atoms. The van der Waals surface area contributed by atoms with Gasteiger partial charge in [-0.25, -0.2) is 0 Å². The van der Waals surface area contributed by atoms with Crippen LogP contribution < -0.4 is 9.64 Å². The van der Waals surface area contributed by atoms with Crippen molar-refractivity contribution in [2.75, 3.05) is 25.1 Å². The van der Waals surface area contributed by atoms with Gasteiger partial charge in [0, 0.05) is 13.1 Å². The monoisotopic (exact) mass is 227 g/mol. The fourth-order valence-corrected chi connectivity index (χ4v) is 2.04. The van der Waals surface area contributed by atoms with Crippen LogP contribution in [0.15, 0.2) is 12.4 Å². The van der Waals surface area contributed by atoms with Gasteiger partial charge in [-0.1, -0.05) is 0 Å². The number of anilines is 1. The predicted octanol–water partition coefficient (Wildman–Crippen LogP) is 1.69. The highest BCUT2D eigenvalue weighted by Crippen LogP contribution is 2.21. The molecule has 82 valence electrons. The van der Waals surface area contributed by atoms with Crippen molar-refractivity contribution >= 4 is 17.4 Å². The number of rotatable bonds is 2. The Balaban J connectivity index is 2.13. The van der Waals surface area contributed by atoms with E-state index in [1.165, 1.54) is 0 Å². The molecule has 1 aromatic rings. The molecular weight excluding hydrogens is 214 g/mol. The first kappa shape index (κ1) is 10.5. The number of ether oxygens (including phenoxy) is 1. The molecule has 1 aromatic heterocycles. The number of hydrogen-bond donors (Lipinski definition) is 0. The topological polar surface area (TPSA) is 38.2 Å². The number of alkyl halides is 1. The summed E-state index contributed by atoms with van der Waals surface area (Å²) in [6.45, 7) is 1.83. The van der Waals surface area contributed by atoms with Crippen molar-refractivity contribution in [1.29, 1.82) is 0 Å². The fourth-order valence-electron chi connectivity index (χ4n) is 1.72. The van der Waals surface area contributed by atoms with Gasteiger partial charge in [-0.2, -0.15) is 4.98 Å². The van der Waals surface area contributed by atoms with Crippen molar-refractivity contribution in [3.8, 4) is 5.88 Å². The third kappa shape index (κ3) is 2.50. The molecule has 0 aromatic carbocycles. The molecule has 0 spiro atoms. The first-order valence-corrected chi connectivity index (χ1v) is 5.48. The Morgan fingerprint density at radius 2 is 2.40 bits per heavy atom. The molecule has 1 aliphatic rings. The van der Waals surface area contributed by atoms with E-state index in [2.05, 4.69) is 14.9 Å². The van der Waals surface area contributed by atoms with E-state index in [9.17, 15) is 0 Å². The van der Waals surface area contributed by atoms with Gasteiger partial charge in [-0.3, -0.25) is 4.98 Å². The zero-order valence-corrected chi connectivity index (χ0v) is 9.44. The third-order valence-corrected chi connectivity index (χ3v) is 2.85. The summed E-state index contributed by atoms with van der Waals surface area (Å²) in [6.07, 6.45) is 5.53. The lowest BCUT2D eigenvalue weighted by atomic mass is 10.1. The number of halogens is 1. The number of nitrogens with zero attached hydrogens (tertiary/aromatic N) is 3. The van der Waals surface area contributed by atoms with Crippen LogP contribution in [-0.4, -0.2) is 35.5 Å². The van der Waals surface area contributed by atoms with E-state index in [1.807, 2.05) is 0 Å². The molecule has 2 heterocycles. The van der Waals surface area contributed by atoms with Crippen LogP contribution in [0.3, 0.4) is 0 Å². The Morgan fingerprint density at radius 1 is 1.53 bits per heavy atom. The van der Waals surface area contributed by atoms with Crippen LogP contribution in [-0.2, 0) is 0 Å². The van der Waals surface area contributed by atoms with Gasteiger partial charge in [0.25, 0.3) is 0 Å². The highest BCUT2D eigenvalue weighted by atomic mass is 35.5. The first-order chi connectivity index (χ1) is 7.29. The maximum absolute atomic E-state index is 6.11. The van der Waals surface area contributed by atoms with E-state index in [0.717, 1.165) is 31.7 Å². The molecule has 0 saturated carbocycles. The summed E-state index contributed by atoms with van der Waals surface area (Å²) in [5, 5.41) is 0.215. The molecule has 4 nitrogen and oxygen atoms in total. The van der Waals surface area contributed by atoms with Crippen molar-refractivity contribution in [3.63, 3.8) is 0 Å². The first-order valence-electron chi connectivity index (χ1n) is 5.04. The van der Waals surface area contributed by atoms with Gasteiger partial charge in [0.05, 0.1) is 24.9 Å². The highest BCUT2D eigenvalue weighted by Gasteiger charge is 2.19. The minimum Gasteiger partial charge on any atom is -0.480 e. The van der Waals surface area contributed by atoms with Crippen molar-refractivity contribution in [3.05, 3.63) is 12.4 Å². The average Bonchev–Trinajstić information content (AvgIpc) is 2.29. The van der Waals surface area contributed by atoms with Gasteiger partial charge in [-0.15, -0.1) is 11.6 Å². The zero-order chi connectivity index (χ0) is 10.7. The fraction of sp³-hybridized carbons (Fsp3) is 0.600. The molecule has 0 aliphatic carbocycles. The van der Waals surface area contributed by atoms with Crippen LogP contribution in [0, 0.1) is 0 Å². The van der Waals surface area contributed by atoms with Gasteiger partial charge in [0.2, 0.25) is 5.88 Å². The van der Waals surface area contributed by atoms with Crippen molar-refractivity contribution in [1.82, 2.24) is 9.97 Å². The van der Waals surface area contributed by atoms with Crippen LogP contribution in [0.2, 0.25) is 0 Å². The Morgan fingerprint density at radius 3 is 3.13 bits per heavy atom. The Bertz CT molecular complexity index is 334. The molecule has 0 N–H and O–H groups in total. The molecular formula is C10H14ClN3O. The van der Waals surface area contributed by atoms with Crippen LogP contribution in [0.4, 0.5) is 5.82 Å². The summed E-state index contributed by atoms with van der Waals surface area (Å²) in [4.78, 5) is 10.6. The molecule has 1 unspecified atom stereocenters. The van der Waals surface area contributed by atoms with Gasteiger partial charge < -0.3 is 9.64 Å². The van der Waals surface area contributed by atoms with Crippen molar-refractivity contribution in [2.24, 2.45) is 0 Å². The molecule has 15 heavy (non-hydrogen) atoms. The molecule has 0 radical (unpaired) electrons. The SMILES string of the molecule is COc1cncc(N2CCCC(Cl)C2)n1. The van der Waals surface area contributed by atoms with E-state index in [0.29, 0.717) is 5.88 Å². The summed E-state index contributed by atoms with van der Waals surface area (Å²) >= 11 is 6.11. The molecule has 1 fully saturated rings. The maximum atomic E-state index is 6.11.